The monoisotopic (exact) mass is 467 g/mol. The molecule has 0 aromatic heterocycles. The maximum absolute atomic E-state index is 12.7. The van der Waals surface area contributed by atoms with Gasteiger partial charge in [-0.2, -0.15) is 13.2 Å². The predicted octanol–water partition coefficient (Wildman–Crippen LogP) is 5.44. The molecule has 2 rings (SSSR count). The normalized spacial score (nSPS) is 12.9. The Morgan fingerprint density at radius 2 is 1.63 bits per heavy atom. The van der Waals surface area contributed by atoms with Crippen LogP contribution in [0.3, 0.4) is 0 Å². The maximum atomic E-state index is 12.7. The van der Waals surface area contributed by atoms with Crippen molar-refractivity contribution in [3.8, 4) is 17.2 Å². The molecule has 30 heavy (non-hydrogen) atoms. The molecule has 0 aliphatic heterocycles. The van der Waals surface area contributed by atoms with Gasteiger partial charge < -0.3 is 9.47 Å². The van der Waals surface area contributed by atoms with E-state index < -0.39 is 31.5 Å². The summed E-state index contributed by atoms with van der Waals surface area (Å²) < 4.78 is 70.2. The van der Waals surface area contributed by atoms with Gasteiger partial charge in [0, 0.05) is 14.2 Å². The third kappa shape index (κ3) is 6.37. The van der Waals surface area contributed by atoms with Gasteiger partial charge in [0.2, 0.25) is 0 Å². The van der Waals surface area contributed by atoms with Crippen molar-refractivity contribution >= 4 is 25.3 Å². The van der Waals surface area contributed by atoms with Gasteiger partial charge in [-0.05, 0) is 49.4 Å². The average Bonchev–Trinajstić information content (AvgIpc) is 2.69. The van der Waals surface area contributed by atoms with Crippen LogP contribution in [0.5, 0.6) is 17.2 Å². The summed E-state index contributed by atoms with van der Waals surface area (Å²) in [4.78, 5) is 12.0. The van der Waals surface area contributed by atoms with Crippen molar-refractivity contribution in [2.45, 2.75) is 19.2 Å². The number of hydrogen-bond donors (Lipinski definition) is 1. The van der Waals surface area contributed by atoms with Gasteiger partial charge in [0.15, 0.2) is 6.10 Å². The second-order valence-corrected chi connectivity index (χ2v) is 8.17. The summed E-state index contributed by atoms with van der Waals surface area (Å²) in [7, 11) is -1.50. The first-order valence-electron chi connectivity index (χ1n) is 8.32. The first kappa shape index (κ1) is 24.0. The Balaban J connectivity index is 2.02. The van der Waals surface area contributed by atoms with Crippen molar-refractivity contribution in [1.29, 1.82) is 0 Å². The molecule has 7 nitrogen and oxygen atoms in total. The smallest absolute Gasteiger partial charge is 0.434 e. The average molecular weight is 468 g/mol. The van der Waals surface area contributed by atoms with E-state index in [1.165, 1.54) is 31.2 Å². The van der Waals surface area contributed by atoms with Gasteiger partial charge >= 0.3 is 13.9 Å². The third-order valence-corrected chi connectivity index (χ3v) is 5.47. The highest BCUT2D eigenvalue weighted by atomic mass is 35.5. The molecule has 1 amide bonds. The molecule has 0 bridgehead atoms. The van der Waals surface area contributed by atoms with Crippen LogP contribution in [-0.4, -0.2) is 26.2 Å². The molecular formula is C18H18ClF3NO6P. The summed E-state index contributed by atoms with van der Waals surface area (Å²) >= 11 is 5.86. The number of amides is 1. The highest BCUT2D eigenvalue weighted by Crippen LogP contribution is 2.41. The van der Waals surface area contributed by atoms with Crippen LogP contribution < -0.4 is 14.6 Å². The summed E-state index contributed by atoms with van der Waals surface area (Å²) in [6.07, 6.45) is -5.54. The topological polar surface area (TPSA) is 83.1 Å². The molecule has 0 radical (unpaired) electrons. The molecular weight excluding hydrogens is 450 g/mol. The molecule has 0 aliphatic rings. The number of benzene rings is 2. The number of carbonyl (C=O) groups is 1. The molecule has 0 fully saturated rings. The Morgan fingerprint density at radius 1 is 1.07 bits per heavy atom. The molecule has 0 saturated carbocycles. The van der Waals surface area contributed by atoms with Crippen LogP contribution in [0.4, 0.5) is 13.2 Å². The maximum Gasteiger partial charge on any atom is 0.434 e. The molecule has 0 heterocycles. The van der Waals surface area contributed by atoms with E-state index in [0.717, 1.165) is 32.4 Å². The second kappa shape index (κ2) is 9.70. The van der Waals surface area contributed by atoms with Gasteiger partial charge in [-0.3, -0.25) is 18.9 Å². The summed E-state index contributed by atoms with van der Waals surface area (Å²) in [5, 5.41) is 1.91. The van der Waals surface area contributed by atoms with Gasteiger partial charge in [-0.1, -0.05) is 11.6 Å². The summed E-state index contributed by atoms with van der Waals surface area (Å²) in [6, 6.07) is 8.65. The SMILES string of the molecule is COP(=O)(NC(=O)C(C)Oc1ccc(Oc2ccc(C(F)(F)F)cc2Cl)cc1)OC. The third-order valence-electron chi connectivity index (χ3n) is 3.72. The number of alkyl halides is 3. The van der Waals surface area contributed by atoms with E-state index in [2.05, 4.69) is 14.1 Å². The van der Waals surface area contributed by atoms with E-state index in [1.807, 2.05) is 0 Å². The van der Waals surface area contributed by atoms with Crippen LogP contribution in [0.25, 0.3) is 0 Å². The quantitative estimate of drug-likeness (QED) is 0.521. The fourth-order valence-electron chi connectivity index (χ4n) is 2.12. The van der Waals surface area contributed by atoms with Crippen LogP contribution in [0.2, 0.25) is 5.02 Å². The zero-order valence-electron chi connectivity index (χ0n) is 16.0. The lowest BCUT2D eigenvalue weighted by Crippen LogP contribution is -2.35. The summed E-state index contributed by atoms with van der Waals surface area (Å²) in [5.74, 6) is -0.113. The van der Waals surface area contributed by atoms with Crippen LogP contribution in [0.15, 0.2) is 42.5 Å². The Hall–Kier alpha value is -2.26. The van der Waals surface area contributed by atoms with Crippen molar-refractivity contribution in [2.24, 2.45) is 0 Å². The van der Waals surface area contributed by atoms with Crippen LogP contribution in [-0.2, 0) is 24.6 Å². The summed E-state index contributed by atoms with van der Waals surface area (Å²) in [5.41, 5.74) is -0.887. The fraction of sp³-hybridized carbons (Fsp3) is 0.278. The van der Waals surface area contributed by atoms with E-state index in [0.29, 0.717) is 0 Å². The molecule has 1 N–H and O–H groups in total. The molecule has 0 saturated heterocycles. The molecule has 1 unspecified atom stereocenters. The zero-order chi connectivity index (χ0) is 22.5. The number of carbonyl (C=O) groups excluding carboxylic acids is 1. The molecule has 0 spiro atoms. The van der Waals surface area contributed by atoms with Gasteiger partial charge in [-0.15, -0.1) is 0 Å². The highest BCUT2D eigenvalue weighted by Gasteiger charge is 2.31. The van der Waals surface area contributed by atoms with E-state index in [4.69, 9.17) is 21.1 Å². The first-order chi connectivity index (χ1) is 14.0. The molecule has 1 atom stereocenters. The Kier molecular flexibility index (Phi) is 7.76. The highest BCUT2D eigenvalue weighted by molar-refractivity contribution is 7.52. The Morgan fingerprint density at radius 3 is 2.13 bits per heavy atom. The molecule has 12 heteroatoms. The predicted molar refractivity (Wildman–Crippen MR) is 103 cm³/mol. The minimum Gasteiger partial charge on any atom is -0.481 e. The van der Waals surface area contributed by atoms with Gasteiger partial charge in [0.05, 0.1) is 10.6 Å². The minimum atomic E-state index is -4.51. The minimum absolute atomic E-state index is 0.0426. The number of rotatable bonds is 8. The molecule has 2 aromatic rings. The lowest BCUT2D eigenvalue weighted by molar-refractivity contribution is -0.137. The molecule has 2 aromatic carbocycles. The van der Waals surface area contributed by atoms with Crippen LogP contribution in [0, 0.1) is 0 Å². The standard InChI is InChI=1S/C18H18ClF3NO6P/c1-11(17(24)23-30(25,26-2)27-3)28-13-5-7-14(8-6-13)29-16-9-4-12(10-15(16)19)18(20,21)22/h4-11H,1-3H3,(H,23,24,25). The van der Waals surface area contributed by atoms with Gasteiger partial charge in [-0.25, -0.2) is 4.57 Å². The van der Waals surface area contributed by atoms with Crippen molar-refractivity contribution in [3.05, 3.63) is 53.1 Å². The van der Waals surface area contributed by atoms with Crippen molar-refractivity contribution in [1.82, 2.24) is 5.09 Å². The second-order valence-electron chi connectivity index (χ2n) is 5.82. The Bertz CT molecular complexity index is 931. The van der Waals surface area contributed by atoms with E-state index >= 15 is 0 Å². The summed E-state index contributed by atoms with van der Waals surface area (Å²) in [6.45, 7) is 1.43. The van der Waals surface area contributed by atoms with E-state index in [-0.39, 0.29) is 22.3 Å². The van der Waals surface area contributed by atoms with Crippen LogP contribution in [0.1, 0.15) is 12.5 Å². The van der Waals surface area contributed by atoms with Crippen molar-refractivity contribution < 1.29 is 41.1 Å². The number of halogens is 4. The lowest BCUT2D eigenvalue weighted by Gasteiger charge is -2.18. The zero-order valence-corrected chi connectivity index (χ0v) is 17.7. The van der Waals surface area contributed by atoms with Crippen molar-refractivity contribution in [2.75, 3.05) is 14.2 Å². The fourth-order valence-corrected chi connectivity index (χ4v) is 3.12. The van der Waals surface area contributed by atoms with Gasteiger partial charge in [0.1, 0.15) is 17.2 Å². The lowest BCUT2D eigenvalue weighted by atomic mass is 10.2. The molecule has 0 aliphatic carbocycles. The number of nitrogens with one attached hydrogen (secondary N) is 1. The first-order valence-corrected chi connectivity index (χ1v) is 10.2. The molecule has 164 valence electrons. The van der Waals surface area contributed by atoms with Gasteiger partial charge in [0.25, 0.3) is 5.91 Å². The van der Waals surface area contributed by atoms with Crippen molar-refractivity contribution in [3.63, 3.8) is 0 Å². The number of ether oxygens (including phenoxy) is 2. The largest absolute Gasteiger partial charge is 0.481 e. The van der Waals surface area contributed by atoms with E-state index in [1.54, 1.807) is 0 Å². The Labute approximate surface area is 175 Å². The van der Waals surface area contributed by atoms with Crippen LogP contribution >= 0.6 is 19.3 Å². The number of hydrogen-bond acceptors (Lipinski definition) is 6. The van der Waals surface area contributed by atoms with E-state index in [9.17, 15) is 22.5 Å².